The molecule has 5 aromatic rings. The number of halogens is 2. The Balaban J connectivity index is 1.27. The summed E-state index contributed by atoms with van der Waals surface area (Å²) in [5, 5.41) is 2.57. The molecule has 0 aliphatic heterocycles. The van der Waals surface area contributed by atoms with Crippen LogP contribution >= 0.6 is 0 Å². The average molecular weight is 813 g/mol. The number of carbonyl (C=O) groups excluding carboxylic acids is 2. The molecule has 2 N–H and O–H groups in total. The highest BCUT2D eigenvalue weighted by molar-refractivity contribution is 7.89. The van der Waals surface area contributed by atoms with Gasteiger partial charge in [-0.15, -0.1) is 0 Å². The van der Waals surface area contributed by atoms with Gasteiger partial charge in [0.2, 0.25) is 21.2 Å². The average Bonchev–Trinajstić information content (AvgIpc) is 3.20. The van der Waals surface area contributed by atoms with Crippen molar-refractivity contribution in [2.45, 2.75) is 17.9 Å². The second-order valence-corrected chi connectivity index (χ2v) is 13.5. The van der Waals surface area contributed by atoms with E-state index in [9.17, 15) is 31.6 Å². The number of ether oxygens (including phenoxy) is 7. The molecule has 1 unspecified atom stereocenters. The summed E-state index contributed by atoms with van der Waals surface area (Å²) in [6, 6.07) is 14.0. The van der Waals surface area contributed by atoms with Crippen molar-refractivity contribution in [3.05, 3.63) is 100 Å². The highest BCUT2D eigenvalue weighted by Gasteiger charge is 2.30. The first-order chi connectivity index (χ1) is 27.3. The van der Waals surface area contributed by atoms with E-state index in [1.807, 2.05) is 4.72 Å². The van der Waals surface area contributed by atoms with Crippen LogP contribution < -0.4 is 43.9 Å². The van der Waals surface area contributed by atoms with Gasteiger partial charge < -0.3 is 42.9 Å². The third-order valence-electron chi connectivity index (χ3n) is 8.23. The maximum Gasteiger partial charge on any atom is 0.326 e. The predicted molar refractivity (Wildman–Crippen MR) is 201 cm³/mol. The van der Waals surface area contributed by atoms with Gasteiger partial charge >= 0.3 is 5.97 Å². The third kappa shape index (κ3) is 9.71. The van der Waals surface area contributed by atoms with E-state index in [1.54, 1.807) is 30.3 Å². The van der Waals surface area contributed by atoms with Gasteiger partial charge in [0.1, 0.15) is 64.0 Å². The summed E-state index contributed by atoms with van der Waals surface area (Å²) in [7, 11) is 1.17. The quantitative estimate of drug-likeness (QED) is 0.0903. The molecule has 302 valence electrons. The lowest BCUT2D eigenvalue weighted by atomic mass is 10.1. The number of amides is 1. The first kappa shape index (κ1) is 41.8. The molecule has 0 aliphatic rings. The Morgan fingerprint density at radius 2 is 1.49 bits per heavy atom. The fraction of sp³-hybridized carbons (Fsp3) is 0.256. The minimum absolute atomic E-state index is 0.0514. The van der Waals surface area contributed by atoms with Crippen molar-refractivity contribution in [3.8, 4) is 45.8 Å². The van der Waals surface area contributed by atoms with Crippen molar-refractivity contribution in [2.75, 3.05) is 54.8 Å². The second kappa shape index (κ2) is 18.5. The largest absolute Gasteiger partial charge is 0.496 e. The molecule has 0 saturated carbocycles. The van der Waals surface area contributed by atoms with Gasteiger partial charge in [-0.25, -0.2) is 17.2 Å². The lowest BCUT2D eigenvalue weighted by molar-refractivity contribution is -0.144. The van der Waals surface area contributed by atoms with Crippen LogP contribution in [0.1, 0.15) is 17.3 Å². The van der Waals surface area contributed by atoms with Crippen molar-refractivity contribution < 1.29 is 64.4 Å². The Hall–Kier alpha value is -6.40. The lowest BCUT2D eigenvalue weighted by Gasteiger charge is -2.18. The Kier molecular flexibility index (Phi) is 13.5. The van der Waals surface area contributed by atoms with Gasteiger partial charge in [-0.05, 0) is 61.5 Å². The molecule has 1 heterocycles. The van der Waals surface area contributed by atoms with Gasteiger partial charge in [0, 0.05) is 35.9 Å². The molecule has 5 rings (SSSR count). The maximum absolute atomic E-state index is 14.2. The smallest absolute Gasteiger partial charge is 0.326 e. The van der Waals surface area contributed by atoms with Gasteiger partial charge in [0.15, 0.2) is 17.3 Å². The van der Waals surface area contributed by atoms with Crippen LogP contribution in [0.3, 0.4) is 0 Å². The molecule has 18 heteroatoms. The number of methoxy groups -OCH3 is 4. The molecule has 1 amide bonds. The Bertz CT molecular complexity index is 2420. The van der Waals surface area contributed by atoms with Crippen LogP contribution in [0.4, 0.5) is 8.78 Å². The summed E-state index contributed by atoms with van der Waals surface area (Å²) in [4.78, 5) is 38.5. The predicted octanol–water partition coefficient (Wildman–Crippen LogP) is 4.87. The fourth-order valence-corrected chi connectivity index (χ4v) is 6.73. The topological polar surface area (TPSA) is 187 Å². The Morgan fingerprint density at radius 3 is 2.14 bits per heavy atom. The third-order valence-corrected chi connectivity index (χ3v) is 9.73. The maximum atomic E-state index is 14.2. The number of fused-ring (bicyclic) bond motifs is 1. The number of carbonyl (C=O) groups is 2. The molecule has 1 aromatic heterocycles. The van der Waals surface area contributed by atoms with Gasteiger partial charge in [0.25, 0.3) is 5.91 Å². The van der Waals surface area contributed by atoms with Gasteiger partial charge in [-0.3, -0.25) is 14.4 Å². The molecule has 0 saturated heterocycles. The summed E-state index contributed by atoms with van der Waals surface area (Å²) >= 11 is 0. The number of sulfonamides is 1. The molecule has 0 fully saturated rings. The molecule has 0 aliphatic carbocycles. The molecule has 0 radical (unpaired) electrons. The molecular weight excluding hydrogens is 774 g/mol. The monoisotopic (exact) mass is 812 g/mol. The lowest BCUT2D eigenvalue weighted by Crippen LogP contribution is -2.49. The van der Waals surface area contributed by atoms with Gasteiger partial charge in [-0.1, -0.05) is 0 Å². The van der Waals surface area contributed by atoms with Crippen LogP contribution in [-0.4, -0.2) is 81.1 Å². The van der Waals surface area contributed by atoms with Crippen LogP contribution in [0.5, 0.6) is 34.5 Å². The summed E-state index contributed by atoms with van der Waals surface area (Å²) in [5.74, 6) is -2.35. The first-order valence-corrected chi connectivity index (χ1v) is 18.5. The van der Waals surface area contributed by atoms with Crippen molar-refractivity contribution >= 4 is 32.9 Å². The standard InChI is InChI=1S/C39H38F2N2O13S/c1-6-53-39(46)28(43-57(47,48)33-14-10-24(40)18-27(33)41)21-42-38(45)22-7-11-25(12-8-22)54-15-16-55-37-35(44)34-31(52-5)19-26(49-2)20-32(34)56-36(37)23-9-13-29(50-3)30(17-23)51-4/h7-14,17-20,28,43H,6,15-16,21H2,1-5H3,(H,42,45). The van der Waals surface area contributed by atoms with E-state index in [1.165, 1.54) is 59.6 Å². The van der Waals surface area contributed by atoms with Crippen LogP contribution in [0.15, 0.2) is 86.9 Å². The first-order valence-electron chi connectivity index (χ1n) is 17.1. The van der Waals surface area contributed by atoms with E-state index in [0.29, 0.717) is 40.7 Å². The van der Waals surface area contributed by atoms with Crippen molar-refractivity contribution in [1.82, 2.24) is 10.0 Å². The van der Waals surface area contributed by atoms with Crippen molar-refractivity contribution in [2.24, 2.45) is 0 Å². The zero-order valence-electron chi connectivity index (χ0n) is 31.3. The molecule has 1 atom stereocenters. The number of hydrogen-bond acceptors (Lipinski definition) is 13. The Labute approximate surface area is 325 Å². The van der Waals surface area contributed by atoms with Crippen LogP contribution in [0.25, 0.3) is 22.3 Å². The summed E-state index contributed by atoms with van der Waals surface area (Å²) in [6.07, 6.45) is 0. The number of esters is 1. The van der Waals surface area contributed by atoms with Crippen molar-refractivity contribution in [3.63, 3.8) is 0 Å². The fourth-order valence-electron chi connectivity index (χ4n) is 5.48. The van der Waals surface area contributed by atoms with Gasteiger partial charge in [-0.2, -0.15) is 4.72 Å². The highest BCUT2D eigenvalue weighted by Crippen LogP contribution is 2.39. The summed E-state index contributed by atoms with van der Waals surface area (Å²) in [6.45, 7) is 0.642. The minimum Gasteiger partial charge on any atom is -0.496 e. The molecule has 4 aromatic carbocycles. The SMILES string of the molecule is CCOC(=O)C(CNC(=O)c1ccc(OCCOc2c(-c3ccc(OC)c(OC)c3)oc3cc(OC)cc(OC)c3c2=O)cc1)NS(=O)(=O)c1ccc(F)cc1F. The number of nitrogens with one attached hydrogen (secondary N) is 2. The second-order valence-electron chi connectivity index (χ2n) is 11.8. The zero-order chi connectivity index (χ0) is 41.3. The molecule has 15 nitrogen and oxygen atoms in total. The number of benzene rings is 4. The van der Waals surface area contributed by atoms with Crippen LogP contribution in [0.2, 0.25) is 0 Å². The molecule has 0 bridgehead atoms. The normalized spacial score (nSPS) is 11.7. The van der Waals surface area contributed by atoms with E-state index < -0.39 is 56.4 Å². The summed E-state index contributed by atoms with van der Waals surface area (Å²) in [5.41, 5.74) is 0.238. The number of rotatable bonds is 18. The molecule has 57 heavy (non-hydrogen) atoms. The van der Waals surface area contributed by atoms with E-state index in [-0.39, 0.29) is 53.6 Å². The zero-order valence-corrected chi connectivity index (χ0v) is 32.1. The van der Waals surface area contributed by atoms with E-state index in [4.69, 9.17) is 37.6 Å². The van der Waals surface area contributed by atoms with Crippen LogP contribution in [0, 0.1) is 11.6 Å². The van der Waals surface area contributed by atoms with E-state index in [2.05, 4.69) is 5.32 Å². The van der Waals surface area contributed by atoms with Crippen molar-refractivity contribution in [1.29, 1.82) is 0 Å². The molecule has 0 spiro atoms. The van der Waals surface area contributed by atoms with Crippen LogP contribution in [-0.2, 0) is 19.6 Å². The minimum atomic E-state index is -4.67. The summed E-state index contributed by atoms with van der Waals surface area (Å²) < 4.78 is 99.7. The van der Waals surface area contributed by atoms with E-state index >= 15 is 0 Å². The van der Waals surface area contributed by atoms with Gasteiger partial charge in [0.05, 0.1) is 35.0 Å². The highest BCUT2D eigenvalue weighted by atomic mass is 32.2. The molecular formula is C39H38F2N2O13S. The number of hydrogen-bond donors (Lipinski definition) is 2. The van der Waals surface area contributed by atoms with E-state index in [0.717, 1.165) is 6.07 Å². The Morgan fingerprint density at radius 1 is 0.789 bits per heavy atom.